The molecular formula is C24H20F12N2O6. The molecule has 0 saturated carbocycles. The van der Waals surface area contributed by atoms with E-state index >= 15 is 0 Å². The van der Waals surface area contributed by atoms with Gasteiger partial charge >= 0.3 is 24.7 Å². The average molecular weight is 660 g/mol. The van der Waals surface area contributed by atoms with E-state index in [4.69, 9.17) is 0 Å². The molecule has 0 bridgehead atoms. The Hall–Kier alpha value is -4.26. The fourth-order valence-electron chi connectivity index (χ4n) is 3.00. The van der Waals surface area contributed by atoms with Crippen molar-refractivity contribution in [2.75, 3.05) is 39.5 Å². The Labute approximate surface area is 239 Å². The third-order valence-electron chi connectivity index (χ3n) is 4.68. The molecule has 0 atom stereocenters. The van der Waals surface area contributed by atoms with Gasteiger partial charge in [0.2, 0.25) is 0 Å². The van der Waals surface area contributed by atoms with Crippen LogP contribution in [0.3, 0.4) is 0 Å². The summed E-state index contributed by atoms with van der Waals surface area (Å²) in [6.07, 6.45) is -19.3. The fourth-order valence-corrected chi connectivity index (χ4v) is 3.00. The second-order valence-electron chi connectivity index (χ2n) is 8.44. The Morgan fingerprint density at radius 3 is 1.09 bits per heavy atom. The average Bonchev–Trinajstić information content (AvgIpc) is 2.89. The smallest absolute Gasteiger partial charge is 0.422 e. The topological polar surface area (TPSA) is 95.1 Å². The maximum atomic E-state index is 12.6. The molecule has 2 N–H and O–H groups in total. The summed E-state index contributed by atoms with van der Waals surface area (Å²) in [5.41, 5.74) is -1.37. The van der Waals surface area contributed by atoms with E-state index in [2.05, 4.69) is 29.6 Å². The Kier molecular flexibility index (Phi) is 11.8. The van der Waals surface area contributed by atoms with Gasteiger partial charge in [-0.15, -0.1) is 0 Å². The van der Waals surface area contributed by atoms with Gasteiger partial charge in [0.15, 0.2) is 26.4 Å². The third kappa shape index (κ3) is 13.8. The number of carbonyl (C=O) groups is 2. The number of amides is 2. The zero-order valence-corrected chi connectivity index (χ0v) is 21.7. The van der Waals surface area contributed by atoms with E-state index < -0.39 is 110 Å². The summed E-state index contributed by atoms with van der Waals surface area (Å²) in [5, 5.41) is 4.26. The molecule has 20 heteroatoms. The molecule has 0 radical (unpaired) electrons. The second-order valence-corrected chi connectivity index (χ2v) is 8.44. The molecule has 246 valence electrons. The van der Waals surface area contributed by atoms with Gasteiger partial charge in [-0.1, -0.05) is 0 Å². The molecule has 0 unspecified atom stereocenters. The molecule has 0 aromatic heterocycles. The lowest BCUT2D eigenvalue weighted by molar-refractivity contribution is -0.154. The van der Waals surface area contributed by atoms with Crippen LogP contribution in [-0.4, -0.2) is 76.0 Å². The largest absolute Gasteiger partial charge is 0.484 e. The normalized spacial score (nSPS) is 12.4. The van der Waals surface area contributed by atoms with Gasteiger partial charge in [-0.05, 0) is 36.4 Å². The first-order valence-electron chi connectivity index (χ1n) is 11.7. The van der Waals surface area contributed by atoms with Gasteiger partial charge in [-0.2, -0.15) is 52.7 Å². The fraction of sp³-hybridized carbons (Fsp3) is 0.417. The van der Waals surface area contributed by atoms with Crippen LogP contribution in [0.5, 0.6) is 23.0 Å². The molecule has 2 rings (SSSR count). The van der Waals surface area contributed by atoms with Gasteiger partial charge in [-0.25, -0.2) is 0 Å². The van der Waals surface area contributed by atoms with Crippen molar-refractivity contribution < 1.29 is 81.2 Å². The number of ether oxygens (including phenoxy) is 4. The Morgan fingerprint density at radius 1 is 0.500 bits per heavy atom. The number of alkyl halides is 12. The SMILES string of the molecule is O=C(NCCNC(=O)c1cc(OCC(F)(F)F)ccc1OCC(F)(F)F)c1cc(OCC(F)(F)F)ccc1OCC(F)(F)F. The van der Waals surface area contributed by atoms with Crippen molar-refractivity contribution >= 4 is 11.8 Å². The molecule has 0 fully saturated rings. The van der Waals surface area contributed by atoms with Crippen LogP contribution in [-0.2, 0) is 0 Å². The van der Waals surface area contributed by atoms with Gasteiger partial charge in [0.1, 0.15) is 23.0 Å². The number of benzene rings is 2. The van der Waals surface area contributed by atoms with E-state index in [0.29, 0.717) is 12.1 Å². The summed E-state index contributed by atoms with van der Waals surface area (Å²) in [6.45, 7) is -8.34. The lowest BCUT2D eigenvalue weighted by Crippen LogP contribution is -2.35. The summed E-state index contributed by atoms with van der Waals surface area (Å²) in [4.78, 5) is 25.2. The predicted octanol–water partition coefficient (Wildman–Crippen LogP) is 5.61. The maximum Gasteiger partial charge on any atom is 0.422 e. The highest BCUT2D eigenvalue weighted by atomic mass is 19.4. The Balaban J connectivity index is 2.13. The zero-order chi connectivity index (χ0) is 33.3. The monoisotopic (exact) mass is 660 g/mol. The molecule has 44 heavy (non-hydrogen) atoms. The number of rotatable bonds is 13. The highest BCUT2D eigenvalue weighted by molar-refractivity contribution is 5.98. The van der Waals surface area contributed by atoms with Crippen molar-refractivity contribution in [3.63, 3.8) is 0 Å². The number of nitrogens with one attached hydrogen (secondary N) is 2. The summed E-state index contributed by atoms with van der Waals surface area (Å²) in [7, 11) is 0. The molecule has 2 amide bonds. The Morgan fingerprint density at radius 2 is 0.795 bits per heavy atom. The van der Waals surface area contributed by atoms with Crippen LogP contribution in [0, 0.1) is 0 Å². The van der Waals surface area contributed by atoms with Crippen LogP contribution in [0.2, 0.25) is 0 Å². The van der Waals surface area contributed by atoms with Gasteiger partial charge in [0, 0.05) is 13.1 Å². The molecule has 0 saturated heterocycles. The molecular weight excluding hydrogens is 640 g/mol. The van der Waals surface area contributed by atoms with Crippen LogP contribution >= 0.6 is 0 Å². The van der Waals surface area contributed by atoms with Crippen molar-refractivity contribution in [1.82, 2.24) is 10.6 Å². The van der Waals surface area contributed by atoms with Crippen LogP contribution < -0.4 is 29.6 Å². The van der Waals surface area contributed by atoms with E-state index in [1.807, 2.05) is 0 Å². The number of carbonyl (C=O) groups excluding carboxylic acids is 2. The van der Waals surface area contributed by atoms with Gasteiger partial charge in [0.25, 0.3) is 11.8 Å². The van der Waals surface area contributed by atoms with Crippen molar-refractivity contribution in [2.45, 2.75) is 24.7 Å². The van der Waals surface area contributed by atoms with Crippen LogP contribution in [0.25, 0.3) is 0 Å². The number of hydrogen-bond donors (Lipinski definition) is 2. The zero-order valence-electron chi connectivity index (χ0n) is 21.7. The summed E-state index contributed by atoms with van der Waals surface area (Å²) < 4.78 is 168. The van der Waals surface area contributed by atoms with E-state index in [0.717, 1.165) is 24.3 Å². The number of hydrogen-bond acceptors (Lipinski definition) is 6. The molecule has 2 aromatic rings. The highest BCUT2D eigenvalue weighted by Crippen LogP contribution is 2.29. The highest BCUT2D eigenvalue weighted by Gasteiger charge is 2.32. The predicted molar refractivity (Wildman–Crippen MR) is 124 cm³/mol. The van der Waals surface area contributed by atoms with Crippen LogP contribution in [0.4, 0.5) is 52.7 Å². The van der Waals surface area contributed by atoms with Gasteiger partial charge in [0.05, 0.1) is 11.1 Å². The van der Waals surface area contributed by atoms with Crippen molar-refractivity contribution in [3.05, 3.63) is 47.5 Å². The van der Waals surface area contributed by atoms with Crippen molar-refractivity contribution in [2.24, 2.45) is 0 Å². The molecule has 0 aliphatic heterocycles. The Bertz CT molecular complexity index is 1180. The van der Waals surface area contributed by atoms with Gasteiger partial charge in [-0.3, -0.25) is 9.59 Å². The number of halogens is 12. The van der Waals surface area contributed by atoms with Crippen molar-refractivity contribution in [3.8, 4) is 23.0 Å². The van der Waals surface area contributed by atoms with E-state index in [9.17, 15) is 62.3 Å². The minimum absolute atomic E-state index is 0.514. The van der Waals surface area contributed by atoms with Crippen LogP contribution in [0.1, 0.15) is 20.7 Å². The summed E-state index contributed by atoms with van der Waals surface area (Å²) >= 11 is 0. The molecule has 0 spiro atoms. The first kappa shape index (κ1) is 35.9. The molecule has 0 aliphatic rings. The minimum Gasteiger partial charge on any atom is -0.484 e. The molecule has 0 aliphatic carbocycles. The van der Waals surface area contributed by atoms with E-state index in [-0.39, 0.29) is 0 Å². The maximum absolute atomic E-state index is 12.6. The quantitative estimate of drug-likeness (QED) is 0.214. The van der Waals surface area contributed by atoms with Gasteiger partial charge < -0.3 is 29.6 Å². The van der Waals surface area contributed by atoms with Crippen LogP contribution in [0.15, 0.2) is 36.4 Å². The molecule has 2 aromatic carbocycles. The summed E-state index contributed by atoms with van der Waals surface area (Å²) in [5.74, 6) is -4.87. The standard InChI is InChI=1S/C24H20F12N2O6/c25-21(26,27)9-41-13-1-3-17(43-11-23(31,32)33)15(7-13)19(39)37-5-6-38-20(40)16-8-14(42-10-22(28,29)30)2-4-18(16)44-12-24(34,35)36/h1-4,7-8H,5-6,9-12H2,(H,37,39)(H,38,40). The first-order valence-corrected chi connectivity index (χ1v) is 11.7. The second kappa shape index (κ2) is 14.5. The van der Waals surface area contributed by atoms with Crippen molar-refractivity contribution in [1.29, 1.82) is 0 Å². The van der Waals surface area contributed by atoms with E-state index in [1.165, 1.54) is 0 Å². The first-order chi connectivity index (χ1) is 20.1. The lowest BCUT2D eigenvalue weighted by Gasteiger charge is -2.16. The summed E-state index contributed by atoms with van der Waals surface area (Å²) in [6, 6.07) is 4.48. The molecule has 0 heterocycles. The molecule has 8 nitrogen and oxygen atoms in total. The third-order valence-corrected chi connectivity index (χ3v) is 4.68. The van der Waals surface area contributed by atoms with E-state index in [1.54, 1.807) is 0 Å². The minimum atomic E-state index is -4.85. The lowest BCUT2D eigenvalue weighted by atomic mass is 10.1.